The molecule has 0 bridgehead atoms. The van der Waals surface area contributed by atoms with Crippen LogP contribution in [0.4, 0.5) is 29.3 Å². The van der Waals surface area contributed by atoms with Crippen LogP contribution in [0, 0.1) is 5.92 Å². The first kappa shape index (κ1) is 21.5. The Kier molecular flexibility index (Phi) is 6.87. The van der Waals surface area contributed by atoms with Crippen LogP contribution < -0.4 is 16.0 Å². The number of rotatable bonds is 5. The first-order chi connectivity index (χ1) is 13.1. The average molecular weight is 400 g/mol. The van der Waals surface area contributed by atoms with Crippen LogP contribution >= 0.6 is 0 Å². The Morgan fingerprint density at radius 1 is 1.11 bits per heavy atom. The summed E-state index contributed by atoms with van der Waals surface area (Å²) in [5, 5.41) is 7.16. The van der Waals surface area contributed by atoms with Gasteiger partial charge in [-0.25, -0.2) is 4.79 Å². The van der Waals surface area contributed by atoms with E-state index in [-0.39, 0.29) is 18.4 Å². The minimum atomic E-state index is -4.51. The molecule has 3 N–H and O–H groups in total. The number of carbonyl (C=O) groups is 3. The number of nitrogens with one attached hydrogen (secondary N) is 3. The van der Waals surface area contributed by atoms with E-state index in [1.807, 2.05) is 5.32 Å². The lowest BCUT2D eigenvalue weighted by molar-refractivity contribution is -0.140. The van der Waals surface area contributed by atoms with Crippen LogP contribution in [0.5, 0.6) is 0 Å². The number of urea groups is 1. The zero-order valence-electron chi connectivity index (χ0n) is 15.6. The van der Waals surface area contributed by atoms with Crippen LogP contribution in [0.1, 0.15) is 26.7 Å². The Hall–Kier alpha value is -2.78. The molecule has 2 rings (SSSR count). The van der Waals surface area contributed by atoms with Gasteiger partial charge in [0.05, 0.1) is 0 Å². The standard InChI is InChI=1S/C18H23F3N4O3/c1-11(2)15(26)23-12-5-7-13(8-6-12)24-17(28)25-9-3-4-14(25)16(27)22-10-18(19,20)21/h5-8,11,14H,3-4,9-10H2,1-2H3,(H,22,27)(H,23,26)(H,24,28). The molecule has 4 amide bonds. The molecule has 0 saturated carbocycles. The molecule has 7 nitrogen and oxygen atoms in total. The number of hydrogen-bond acceptors (Lipinski definition) is 3. The van der Waals surface area contributed by atoms with Crippen LogP contribution in [0.15, 0.2) is 24.3 Å². The van der Waals surface area contributed by atoms with Crippen LogP contribution in [0.3, 0.4) is 0 Å². The largest absolute Gasteiger partial charge is 0.405 e. The Labute approximate surface area is 160 Å². The molecule has 0 aliphatic carbocycles. The summed E-state index contributed by atoms with van der Waals surface area (Å²) in [6.45, 7) is 2.38. The van der Waals surface area contributed by atoms with Crippen LogP contribution in [0.2, 0.25) is 0 Å². The smallest absolute Gasteiger partial charge is 0.345 e. The van der Waals surface area contributed by atoms with Crippen molar-refractivity contribution in [1.29, 1.82) is 0 Å². The van der Waals surface area contributed by atoms with Gasteiger partial charge in [-0.3, -0.25) is 9.59 Å². The van der Waals surface area contributed by atoms with Crippen molar-refractivity contribution in [3.05, 3.63) is 24.3 Å². The second-order valence-corrected chi connectivity index (χ2v) is 6.84. The van der Waals surface area contributed by atoms with Crippen molar-refractivity contribution < 1.29 is 27.6 Å². The molecule has 0 aromatic heterocycles. The number of amides is 4. The maximum atomic E-state index is 12.4. The lowest BCUT2D eigenvalue weighted by Gasteiger charge is -2.24. The zero-order valence-corrected chi connectivity index (χ0v) is 15.6. The summed E-state index contributed by atoms with van der Waals surface area (Å²) in [6.07, 6.45) is -3.68. The molecule has 154 valence electrons. The molecule has 1 atom stereocenters. The van der Waals surface area contributed by atoms with Gasteiger partial charge >= 0.3 is 12.2 Å². The highest BCUT2D eigenvalue weighted by Gasteiger charge is 2.36. The van der Waals surface area contributed by atoms with Gasteiger partial charge in [-0.1, -0.05) is 13.8 Å². The minimum absolute atomic E-state index is 0.137. The van der Waals surface area contributed by atoms with Crippen molar-refractivity contribution in [2.24, 2.45) is 5.92 Å². The highest BCUT2D eigenvalue weighted by atomic mass is 19.4. The summed E-state index contributed by atoms with van der Waals surface area (Å²) in [5.41, 5.74) is 1.01. The number of likely N-dealkylation sites (tertiary alicyclic amines) is 1. The molecule has 1 aliphatic rings. The number of anilines is 2. The molecule has 1 aromatic carbocycles. The Bertz CT molecular complexity index is 720. The van der Waals surface area contributed by atoms with Crippen molar-refractivity contribution in [2.45, 2.75) is 38.9 Å². The molecule has 28 heavy (non-hydrogen) atoms. The van der Waals surface area contributed by atoms with E-state index in [9.17, 15) is 27.6 Å². The predicted octanol–water partition coefficient (Wildman–Crippen LogP) is 2.96. The Morgan fingerprint density at radius 3 is 2.21 bits per heavy atom. The van der Waals surface area contributed by atoms with E-state index in [0.717, 1.165) is 0 Å². The summed E-state index contributed by atoms with van der Waals surface area (Å²) in [7, 11) is 0. The van der Waals surface area contributed by atoms with Crippen molar-refractivity contribution in [1.82, 2.24) is 10.2 Å². The summed E-state index contributed by atoms with van der Waals surface area (Å²) in [6, 6.07) is 4.90. The minimum Gasteiger partial charge on any atom is -0.345 e. The first-order valence-electron chi connectivity index (χ1n) is 8.90. The fourth-order valence-corrected chi connectivity index (χ4v) is 2.71. The van der Waals surface area contributed by atoms with Crippen LogP contribution in [-0.4, -0.2) is 48.1 Å². The monoisotopic (exact) mass is 400 g/mol. The van der Waals surface area contributed by atoms with Crippen molar-refractivity contribution in [3.63, 3.8) is 0 Å². The van der Waals surface area contributed by atoms with E-state index >= 15 is 0 Å². The summed E-state index contributed by atoms with van der Waals surface area (Å²) in [4.78, 5) is 37.3. The average Bonchev–Trinajstić information content (AvgIpc) is 3.10. The Balaban J connectivity index is 1.94. The molecular formula is C18H23F3N4O3. The highest BCUT2D eigenvalue weighted by molar-refractivity contribution is 5.95. The van der Waals surface area contributed by atoms with E-state index in [1.165, 1.54) is 4.90 Å². The SMILES string of the molecule is CC(C)C(=O)Nc1ccc(NC(=O)N2CCCC2C(=O)NCC(F)(F)F)cc1. The molecule has 1 aromatic rings. The highest BCUT2D eigenvalue weighted by Crippen LogP contribution is 2.21. The second kappa shape index (κ2) is 8.94. The number of benzene rings is 1. The van der Waals surface area contributed by atoms with Crippen molar-refractivity contribution in [3.8, 4) is 0 Å². The third-order valence-electron chi connectivity index (χ3n) is 4.21. The number of alkyl halides is 3. The summed E-state index contributed by atoms with van der Waals surface area (Å²) < 4.78 is 36.8. The predicted molar refractivity (Wildman–Crippen MR) is 97.7 cm³/mol. The fourth-order valence-electron chi connectivity index (χ4n) is 2.71. The van der Waals surface area contributed by atoms with Crippen molar-refractivity contribution >= 4 is 29.2 Å². The normalized spacial score (nSPS) is 16.8. The summed E-state index contributed by atoms with van der Waals surface area (Å²) >= 11 is 0. The molecule has 1 unspecified atom stereocenters. The fraction of sp³-hybridized carbons (Fsp3) is 0.500. The third kappa shape index (κ3) is 6.14. The molecule has 1 fully saturated rings. The third-order valence-corrected chi connectivity index (χ3v) is 4.21. The number of halogens is 3. The lowest BCUT2D eigenvalue weighted by atomic mass is 10.2. The summed E-state index contributed by atoms with van der Waals surface area (Å²) in [5.74, 6) is -1.13. The van der Waals surface area contributed by atoms with E-state index in [2.05, 4.69) is 10.6 Å². The topological polar surface area (TPSA) is 90.5 Å². The first-order valence-corrected chi connectivity index (χ1v) is 8.90. The lowest BCUT2D eigenvalue weighted by Crippen LogP contribution is -2.49. The van der Waals surface area contributed by atoms with Gasteiger partial charge in [-0.2, -0.15) is 13.2 Å². The van der Waals surface area contributed by atoms with Crippen LogP contribution in [0.25, 0.3) is 0 Å². The molecule has 10 heteroatoms. The molecular weight excluding hydrogens is 377 g/mol. The van der Waals surface area contributed by atoms with Gasteiger partial charge in [0, 0.05) is 23.8 Å². The van der Waals surface area contributed by atoms with Crippen LogP contribution in [-0.2, 0) is 9.59 Å². The number of nitrogens with zero attached hydrogens (tertiary/aromatic N) is 1. The van der Waals surface area contributed by atoms with Gasteiger partial charge in [0.2, 0.25) is 11.8 Å². The van der Waals surface area contributed by atoms with Crippen molar-refractivity contribution in [2.75, 3.05) is 23.7 Å². The van der Waals surface area contributed by atoms with Gasteiger partial charge in [0.25, 0.3) is 0 Å². The molecule has 0 spiro atoms. The van der Waals surface area contributed by atoms with Gasteiger partial charge < -0.3 is 20.9 Å². The van der Waals surface area contributed by atoms with Gasteiger partial charge in [-0.15, -0.1) is 0 Å². The maximum Gasteiger partial charge on any atom is 0.405 e. The Morgan fingerprint density at radius 2 is 1.68 bits per heavy atom. The van der Waals surface area contributed by atoms with Gasteiger partial charge in [0.15, 0.2) is 0 Å². The maximum absolute atomic E-state index is 12.4. The second-order valence-electron chi connectivity index (χ2n) is 6.84. The number of hydrogen-bond donors (Lipinski definition) is 3. The molecule has 1 saturated heterocycles. The molecule has 1 aliphatic heterocycles. The van der Waals surface area contributed by atoms with E-state index in [4.69, 9.17) is 0 Å². The molecule has 0 radical (unpaired) electrons. The zero-order chi connectivity index (χ0) is 20.9. The van der Waals surface area contributed by atoms with E-state index in [1.54, 1.807) is 38.1 Å². The quantitative estimate of drug-likeness (QED) is 0.710. The van der Waals surface area contributed by atoms with Gasteiger partial charge in [-0.05, 0) is 37.1 Å². The van der Waals surface area contributed by atoms with E-state index < -0.39 is 30.7 Å². The number of carbonyl (C=O) groups excluding carboxylic acids is 3. The van der Waals surface area contributed by atoms with Gasteiger partial charge in [0.1, 0.15) is 12.6 Å². The molecule has 1 heterocycles. The van der Waals surface area contributed by atoms with E-state index in [0.29, 0.717) is 24.2 Å².